The first-order valence-corrected chi connectivity index (χ1v) is 15.5. The summed E-state index contributed by atoms with van der Waals surface area (Å²) in [5.41, 5.74) is 0.449. The molecule has 1 amide bonds. The number of hydrogen-bond donors (Lipinski definition) is 1. The van der Waals surface area contributed by atoms with Crippen molar-refractivity contribution in [2.24, 2.45) is 11.8 Å². The van der Waals surface area contributed by atoms with Gasteiger partial charge in [0.2, 0.25) is 0 Å². The molecule has 8 nitrogen and oxygen atoms in total. The zero-order valence-corrected chi connectivity index (χ0v) is 25.2. The van der Waals surface area contributed by atoms with Crippen LogP contribution < -0.4 is 4.90 Å². The topological polar surface area (TPSA) is 95.9 Å². The van der Waals surface area contributed by atoms with Crippen LogP contribution in [0.5, 0.6) is 0 Å². The molecule has 240 valence electrons. The first kappa shape index (κ1) is 32.0. The predicted molar refractivity (Wildman–Crippen MR) is 155 cm³/mol. The first-order chi connectivity index (χ1) is 21.0. The Morgan fingerprint density at radius 1 is 1.11 bits per heavy atom. The molecule has 0 bridgehead atoms. The van der Waals surface area contributed by atoms with Gasteiger partial charge in [0.15, 0.2) is 5.82 Å². The number of rotatable bonds is 11. The summed E-state index contributed by atoms with van der Waals surface area (Å²) in [5, 5.41) is 9.16. The molecule has 1 aliphatic heterocycles. The average molecular weight is 621 g/mol. The van der Waals surface area contributed by atoms with Crippen molar-refractivity contribution < 1.29 is 37.0 Å². The summed E-state index contributed by atoms with van der Waals surface area (Å²) in [6, 6.07) is 2.37. The van der Waals surface area contributed by atoms with Crippen LogP contribution in [-0.2, 0) is 28.9 Å². The summed E-state index contributed by atoms with van der Waals surface area (Å²) in [4.78, 5) is 37.8. The number of carbonyl (C=O) groups is 2. The van der Waals surface area contributed by atoms with Crippen LogP contribution in [0.4, 0.5) is 28.2 Å². The van der Waals surface area contributed by atoms with Gasteiger partial charge in [-0.1, -0.05) is 6.42 Å². The predicted octanol–water partition coefficient (Wildman–Crippen LogP) is 7.42. The lowest BCUT2D eigenvalue weighted by Crippen LogP contribution is -2.36. The van der Waals surface area contributed by atoms with Crippen LogP contribution in [0.1, 0.15) is 105 Å². The van der Waals surface area contributed by atoms with E-state index in [2.05, 4.69) is 4.90 Å². The lowest BCUT2D eigenvalue weighted by Gasteiger charge is -2.34. The Balaban J connectivity index is 1.38. The second-order valence-electron chi connectivity index (χ2n) is 12.5. The second-order valence-corrected chi connectivity index (χ2v) is 12.5. The lowest BCUT2D eigenvalue weighted by atomic mass is 9.80. The molecule has 5 rings (SSSR count). The van der Waals surface area contributed by atoms with Crippen molar-refractivity contribution in [2.45, 2.75) is 103 Å². The SMILES string of the molecule is CCN(C[C@H]1CC[C@H](CC(=O)O)CC1)c1ncc(C2CCC2)nc1CN1C(=O)OC(c2cc(CF)cc(C(F)(F)F)c2)[C@@H]1C. The van der Waals surface area contributed by atoms with Gasteiger partial charge in [0.05, 0.1) is 30.0 Å². The van der Waals surface area contributed by atoms with E-state index < -0.39 is 42.6 Å². The van der Waals surface area contributed by atoms with Crippen molar-refractivity contribution >= 4 is 17.9 Å². The van der Waals surface area contributed by atoms with E-state index in [1.807, 2.05) is 13.1 Å². The Hall–Kier alpha value is -3.44. The van der Waals surface area contributed by atoms with Gasteiger partial charge >= 0.3 is 18.2 Å². The van der Waals surface area contributed by atoms with Gasteiger partial charge in [-0.25, -0.2) is 14.2 Å². The summed E-state index contributed by atoms with van der Waals surface area (Å²) in [5.74, 6) is 0.763. The van der Waals surface area contributed by atoms with Crippen molar-refractivity contribution in [3.8, 4) is 0 Å². The van der Waals surface area contributed by atoms with Crippen LogP contribution in [0.2, 0.25) is 0 Å². The molecule has 3 aliphatic rings. The third-order valence-corrected chi connectivity index (χ3v) is 9.49. The molecule has 1 unspecified atom stereocenters. The van der Waals surface area contributed by atoms with Crippen molar-refractivity contribution in [3.05, 3.63) is 52.5 Å². The molecule has 2 heterocycles. The van der Waals surface area contributed by atoms with Crippen LogP contribution in [0.3, 0.4) is 0 Å². The highest BCUT2D eigenvalue weighted by atomic mass is 19.4. The molecule has 1 aromatic heterocycles. The van der Waals surface area contributed by atoms with E-state index in [1.165, 1.54) is 11.0 Å². The number of nitrogens with zero attached hydrogens (tertiary/aromatic N) is 4. The molecular weight excluding hydrogens is 580 g/mol. The standard InChI is InChI=1S/C32H40F4N4O4/c1-3-39(17-21-9-7-20(8-10-21)13-28(41)42)30-27(38-26(16-37-30)23-5-4-6-23)18-40-19(2)29(44-31(40)43)24-11-22(15-33)12-25(14-24)32(34,35)36/h11-12,14,16,19-21,23,29H,3-10,13,15,17-18H2,1-2H3,(H,41,42)/t19-,20-,21-,29?/m0/s1. The Labute approximate surface area is 254 Å². The van der Waals surface area contributed by atoms with Crippen LogP contribution in [0.25, 0.3) is 0 Å². The molecule has 0 spiro atoms. The number of anilines is 1. The van der Waals surface area contributed by atoms with Crippen molar-refractivity contribution in [3.63, 3.8) is 0 Å². The summed E-state index contributed by atoms with van der Waals surface area (Å²) in [7, 11) is 0. The van der Waals surface area contributed by atoms with E-state index in [9.17, 15) is 27.2 Å². The molecule has 1 N–H and O–H groups in total. The van der Waals surface area contributed by atoms with E-state index in [0.717, 1.165) is 69.3 Å². The van der Waals surface area contributed by atoms with Gasteiger partial charge in [-0.3, -0.25) is 14.7 Å². The zero-order valence-electron chi connectivity index (χ0n) is 25.2. The molecule has 3 fully saturated rings. The Kier molecular flexibility index (Phi) is 9.65. The highest BCUT2D eigenvalue weighted by molar-refractivity contribution is 5.71. The summed E-state index contributed by atoms with van der Waals surface area (Å²) < 4.78 is 59.8. The van der Waals surface area contributed by atoms with Crippen LogP contribution >= 0.6 is 0 Å². The van der Waals surface area contributed by atoms with E-state index >= 15 is 0 Å². The van der Waals surface area contributed by atoms with Gasteiger partial charge < -0.3 is 14.7 Å². The number of aromatic nitrogens is 2. The minimum Gasteiger partial charge on any atom is -0.481 e. The molecule has 1 aromatic carbocycles. The summed E-state index contributed by atoms with van der Waals surface area (Å²) in [6.45, 7) is 4.10. The molecule has 44 heavy (non-hydrogen) atoms. The third kappa shape index (κ3) is 7.10. The van der Waals surface area contributed by atoms with Gasteiger partial charge in [-0.2, -0.15) is 13.2 Å². The molecule has 2 atom stereocenters. The van der Waals surface area contributed by atoms with Crippen LogP contribution in [-0.4, -0.2) is 51.2 Å². The number of alkyl halides is 4. The number of benzene rings is 1. The van der Waals surface area contributed by atoms with Crippen LogP contribution in [0.15, 0.2) is 24.4 Å². The van der Waals surface area contributed by atoms with Gasteiger partial charge in [-0.15, -0.1) is 0 Å². The van der Waals surface area contributed by atoms with Crippen molar-refractivity contribution in [2.75, 3.05) is 18.0 Å². The minimum atomic E-state index is -4.67. The highest BCUT2D eigenvalue weighted by Crippen LogP contribution is 2.40. The summed E-state index contributed by atoms with van der Waals surface area (Å²) in [6.07, 6.45) is 2.38. The minimum absolute atomic E-state index is 0.0657. The molecule has 2 saturated carbocycles. The molecular formula is C32H40F4N4O4. The highest BCUT2D eigenvalue weighted by Gasteiger charge is 2.42. The number of amides is 1. The van der Waals surface area contributed by atoms with E-state index in [4.69, 9.17) is 19.8 Å². The normalized spacial score (nSPS) is 24.2. The summed E-state index contributed by atoms with van der Waals surface area (Å²) >= 11 is 0. The Bertz CT molecular complexity index is 1340. The molecule has 2 aliphatic carbocycles. The van der Waals surface area contributed by atoms with Gasteiger partial charge in [0.25, 0.3) is 0 Å². The second kappa shape index (κ2) is 13.3. The fourth-order valence-electron chi connectivity index (χ4n) is 6.69. The number of halogens is 4. The number of carboxylic acid groups (broad SMARTS) is 1. The van der Waals surface area contributed by atoms with E-state index in [0.29, 0.717) is 29.9 Å². The fraction of sp³-hybridized carbons (Fsp3) is 0.625. The van der Waals surface area contributed by atoms with Crippen molar-refractivity contribution in [1.82, 2.24) is 14.9 Å². The Morgan fingerprint density at radius 3 is 2.41 bits per heavy atom. The maximum absolute atomic E-state index is 13.6. The quantitative estimate of drug-likeness (QED) is 0.261. The van der Waals surface area contributed by atoms with Gasteiger partial charge in [-0.05, 0) is 93.5 Å². The molecule has 2 aromatic rings. The number of carboxylic acids is 1. The number of aliphatic carboxylic acids is 1. The Morgan fingerprint density at radius 2 is 1.82 bits per heavy atom. The smallest absolute Gasteiger partial charge is 0.416 e. The maximum Gasteiger partial charge on any atom is 0.416 e. The molecule has 1 saturated heterocycles. The third-order valence-electron chi connectivity index (χ3n) is 9.49. The average Bonchev–Trinajstić information content (AvgIpc) is 3.23. The van der Waals surface area contributed by atoms with E-state index in [-0.39, 0.29) is 30.0 Å². The van der Waals surface area contributed by atoms with Gasteiger partial charge in [0.1, 0.15) is 18.5 Å². The number of cyclic esters (lactones) is 1. The first-order valence-electron chi connectivity index (χ1n) is 15.5. The number of carbonyl (C=O) groups excluding carboxylic acids is 1. The molecule has 12 heteroatoms. The number of ether oxygens (including phenoxy) is 1. The van der Waals surface area contributed by atoms with Crippen LogP contribution in [0, 0.1) is 11.8 Å². The van der Waals surface area contributed by atoms with Crippen molar-refractivity contribution in [1.29, 1.82) is 0 Å². The van der Waals surface area contributed by atoms with Gasteiger partial charge in [0, 0.05) is 25.4 Å². The largest absolute Gasteiger partial charge is 0.481 e. The lowest BCUT2D eigenvalue weighted by molar-refractivity contribution is -0.139. The number of hydrogen-bond acceptors (Lipinski definition) is 6. The zero-order chi connectivity index (χ0) is 31.6. The molecule has 0 radical (unpaired) electrons. The fourth-order valence-corrected chi connectivity index (χ4v) is 6.69. The monoisotopic (exact) mass is 620 g/mol. The van der Waals surface area contributed by atoms with E-state index in [1.54, 1.807) is 6.92 Å². The maximum atomic E-state index is 13.6.